The lowest BCUT2D eigenvalue weighted by Crippen LogP contribution is -2.44. The van der Waals surface area contributed by atoms with E-state index in [9.17, 15) is 0 Å². The van der Waals surface area contributed by atoms with Gasteiger partial charge in [-0.2, -0.15) is 0 Å². The molecule has 2 unspecified atom stereocenters. The molecule has 3 aromatic rings. The summed E-state index contributed by atoms with van der Waals surface area (Å²) in [5.41, 5.74) is 16.3. The summed E-state index contributed by atoms with van der Waals surface area (Å²) in [6, 6.07) is 26.9. The summed E-state index contributed by atoms with van der Waals surface area (Å²) >= 11 is 0. The molecule has 2 fully saturated rings. The molecule has 0 saturated heterocycles. The lowest BCUT2D eigenvalue weighted by atomic mass is 9.84. The fourth-order valence-electron chi connectivity index (χ4n) is 7.30. The van der Waals surface area contributed by atoms with Crippen molar-refractivity contribution >= 4 is 11.4 Å². The summed E-state index contributed by atoms with van der Waals surface area (Å²) in [6.07, 6.45) is 17.4. The van der Waals surface area contributed by atoms with E-state index in [1.807, 2.05) is 12.4 Å². The van der Waals surface area contributed by atoms with Crippen LogP contribution in [0.25, 0.3) is 11.4 Å². The van der Waals surface area contributed by atoms with E-state index in [1.165, 1.54) is 86.5 Å². The summed E-state index contributed by atoms with van der Waals surface area (Å²) in [5.74, 6) is 7.93. The van der Waals surface area contributed by atoms with Crippen LogP contribution in [0.15, 0.2) is 85.2 Å². The van der Waals surface area contributed by atoms with Gasteiger partial charge in [-0.15, -0.1) is 0 Å². The van der Waals surface area contributed by atoms with E-state index in [0.717, 1.165) is 28.4 Å². The molecule has 2 saturated carbocycles. The van der Waals surface area contributed by atoms with E-state index in [0.29, 0.717) is 5.92 Å². The van der Waals surface area contributed by atoms with Crippen molar-refractivity contribution in [1.82, 2.24) is 26.5 Å². The Morgan fingerprint density at radius 1 is 0.595 bits per heavy atom. The molecule has 2 aliphatic carbocycles. The van der Waals surface area contributed by atoms with Gasteiger partial charge in [0.1, 0.15) is 12.3 Å². The number of hydrogen-bond acceptors (Lipinski definition) is 6. The minimum atomic E-state index is -0.0806. The quantitative estimate of drug-likeness (QED) is 0.204. The van der Waals surface area contributed by atoms with E-state index in [-0.39, 0.29) is 12.3 Å². The van der Waals surface area contributed by atoms with Crippen molar-refractivity contribution in [3.8, 4) is 0 Å². The number of hydrazine groups is 2. The van der Waals surface area contributed by atoms with E-state index < -0.39 is 0 Å². The van der Waals surface area contributed by atoms with Crippen LogP contribution in [-0.2, 0) is 0 Å². The first-order valence-electron chi connectivity index (χ1n) is 16.0. The van der Waals surface area contributed by atoms with Crippen LogP contribution in [0.5, 0.6) is 0 Å². The van der Waals surface area contributed by atoms with E-state index >= 15 is 0 Å². The number of rotatable bonds is 6. The van der Waals surface area contributed by atoms with Crippen LogP contribution >= 0.6 is 0 Å². The largest absolute Gasteiger partial charge is 0.363 e. The first-order valence-corrected chi connectivity index (χ1v) is 16.0. The molecule has 2 heterocycles. The summed E-state index contributed by atoms with van der Waals surface area (Å²) < 4.78 is 0. The third kappa shape index (κ3) is 5.79. The molecule has 6 nitrogen and oxygen atoms in total. The standard InChI is InChI=1S/C36H44N6/c37-42-24-34(40-36(42)30-20-16-28(17-21-30)26-10-5-2-6-11-26)32-13-7-12-31(22-32)33-23-38-41-35(39-33)29-18-14-27(15-19-29)25-8-3-1-4-9-25/h7,12-26,35-36,38-41H,1-6,8-11,37H2. The van der Waals surface area contributed by atoms with Crippen molar-refractivity contribution in [2.45, 2.75) is 88.4 Å². The Hall–Kier alpha value is -3.74. The van der Waals surface area contributed by atoms with Crippen molar-refractivity contribution in [2.75, 3.05) is 0 Å². The molecule has 3 aromatic carbocycles. The minimum absolute atomic E-state index is 0.0154. The SMILES string of the molecule is NN1C=C(c2cccc(C3=CNNC(c4ccc(C5CCCCC5)cc4)N3)c2)NC1c1ccc(C2CCCCC2)cc1. The third-order valence-electron chi connectivity index (χ3n) is 9.77. The van der Waals surface area contributed by atoms with Gasteiger partial charge < -0.3 is 16.1 Å². The second-order valence-corrected chi connectivity index (χ2v) is 12.5. The number of nitrogens with one attached hydrogen (secondary N) is 4. The molecule has 2 aliphatic heterocycles. The predicted molar refractivity (Wildman–Crippen MR) is 171 cm³/mol. The van der Waals surface area contributed by atoms with Crippen molar-refractivity contribution in [2.24, 2.45) is 5.84 Å². The van der Waals surface area contributed by atoms with Crippen molar-refractivity contribution in [3.63, 3.8) is 0 Å². The van der Waals surface area contributed by atoms with Crippen LogP contribution in [0.2, 0.25) is 0 Å². The Morgan fingerprint density at radius 2 is 1.14 bits per heavy atom. The minimum Gasteiger partial charge on any atom is -0.363 e. The molecule has 6 heteroatoms. The van der Waals surface area contributed by atoms with Gasteiger partial charge in [0.2, 0.25) is 0 Å². The molecule has 0 radical (unpaired) electrons. The highest BCUT2D eigenvalue weighted by molar-refractivity contribution is 5.72. The molecular weight excluding hydrogens is 516 g/mol. The summed E-state index contributed by atoms with van der Waals surface area (Å²) in [5, 5.41) is 9.14. The van der Waals surface area contributed by atoms with E-state index in [4.69, 9.17) is 5.84 Å². The molecule has 0 bridgehead atoms. The van der Waals surface area contributed by atoms with Crippen LogP contribution < -0.4 is 27.3 Å². The van der Waals surface area contributed by atoms with Gasteiger partial charge in [0.25, 0.3) is 0 Å². The molecule has 4 aliphatic rings. The van der Waals surface area contributed by atoms with Gasteiger partial charge in [-0.3, -0.25) is 5.01 Å². The smallest absolute Gasteiger partial charge is 0.139 e. The first-order chi connectivity index (χ1) is 20.7. The Labute approximate surface area is 250 Å². The summed E-state index contributed by atoms with van der Waals surface area (Å²) in [4.78, 5) is 0. The molecule has 218 valence electrons. The number of nitrogens with two attached hydrogens (primary N) is 1. The average Bonchev–Trinajstić information content (AvgIpc) is 3.47. The summed E-state index contributed by atoms with van der Waals surface area (Å²) in [6.45, 7) is 0. The normalized spacial score (nSPS) is 23.4. The van der Waals surface area contributed by atoms with Crippen molar-refractivity contribution < 1.29 is 0 Å². The van der Waals surface area contributed by atoms with Crippen LogP contribution in [0, 0.1) is 0 Å². The zero-order valence-electron chi connectivity index (χ0n) is 24.5. The lowest BCUT2D eigenvalue weighted by molar-refractivity contribution is 0.294. The van der Waals surface area contributed by atoms with Gasteiger partial charge in [-0.1, -0.05) is 105 Å². The molecule has 7 rings (SSSR count). The Balaban J connectivity index is 1.01. The molecule has 0 spiro atoms. The molecule has 6 N–H and O–H groups in total. The average molecular weight is 561 g/mol. The van der Waals surface area contributed by atoms with Gasteiger partial charge in [0.05, 0.1) is 11.4 Å². The Kier molecular flexibility index (Phi) is 7.90. The van der Waals surface area contributed by atoms with Crippen molar-refractivity contribution in [1.29, 1.82) is 0 Å². The lowest BCUT2D eigenvalue weighted by Gasteiger charge is -2.29. The maximum absolute atomic E-state index is 6.49. The fraction of sp³-hybridized carbons (Fsp3) is 0.389. The molecule has 42 heavy (non-hydrogen) atoms. The zero-order valence-corrected chi connectivity index (χ0v) is 24.5. The van der Waals surface area contributed by atoms with Crippen LogP contribution in [0.1, 0.15) is 122 Å². The first kappa shape index (κ1) is 27.1. The summed E-state index contributed by atoms with van der Waals surface area (Å²) in [7, 11) is 0. The second-order valence-electron chi connectivity index (χ2n) is 12.5. The van der Waals surface area contributed by atoms with Gasteiger partial charge in [0.15, 0.2) is 0 Å². The van der Waals surface area contributed by atoms with E-state index in [2.05, 4.69) is 94.3 Å². The zero-order chi connectivity index (χ0) is 28.3. The number of hydrogen-bond donors (Lipinski definition) is 5. The van der Waals surface area contributed by atoms with Crippen LogP contribution in [0.3, 0.4) is 0 Å². The second kappa shape index (κ2) is 12.2. The Bertz CT molecular complexity index is 1400. The highest BCUT2D eigenvalue weighted by atomic mass is 15.5. The molecule has 0 aromatic heterocycles. The number of nitrogens with zero attached hydrogens (tertiary/aromatic N) is 1. The highest BCUT2D eigenvalue weighted by Crippen LogP contribution is 2.35. The maximum atomic E-state index is 6.49. The van der Waals surface area contributed by atoms with Crippen LogP contribution in [-0.4, -0.2) is 5.01 Å². The predicted octanol–water partition coefficient (Wildman–Crippen LogP) is 7.25. The van der Waals surface area contributed by atoms with E-state index in [1.54, 1.807) is 5.01 Å². The Morgan fingerprint density at radius 3 is 1.76 bits per heavy atom. The van der Waals surface area contributed by atoms with Gasteiger partial charge >= 0.3 is 0 Å². The molecule has 0 amide bonds. The van der Waals surface area contributed by atoms with Gasteiger partial charge in [0, 0.05) is 12.4 Å². The topological polar surface area (TPSA) is 77.4 Å². The maximum Gasteiger partial charge on any atom is 0.139 e. The molecule has 2 atom stereocenters. The molecular formula is C36H44N6. The monoisotopic (exact) mass is 560 g/mol. The number of benzene rings is 3. The van der Waals surface area contributed by atoms with Gasteiger partial charge in [-0.05, 0) is 77.0 Å². The third-order valence-corrected chi connectivity index (χ3v) is 9.77. The van der Waals surface area contributed by atoms with Crippen molar-refractivity contribution in [3.05, 3.63) is 119 Å². The van der Waals surface area contributed by atoms with Gasteiger partial charge in [-0.25, -0.2) is 11.3 Å². The van der Waals surface area contributed by atoms with Crippen LogP contribution in [0.4, 0.5) is 0 Å². The fourth-order valence-corrected chi connectivity index (χ4v) is 7.30. The highest BCUT2D eigenvalue weighted by Gasteiger charge is 2.25.